The number of anilines is 1. The summed E-state index contributed by atoms with van der Waals surface area (Å²) < 4.78 is 10.7. The molecular formula is C16H20N4O4. The van der Waals surface area contributed by atoms with Gasteiger partial charge in [0.05, 0.1) is 11.0 Å². The molecule has 2 heterocycles. The number of hydrogen-bond donors (Lipinski definition) is 1. The summed E-state index contributed by atoms with van der Waals surface area (Å²) >= 11 is 0. The molecule has 1 aromatic carbocycles. The minimum absolute atomic E-state index is 0.0187. The van der Waals surface area contributed by atoms with Gasteiger partial charge in [-0.1, -0.05) is 19.0 Å². The summed E-state index contributed by atoms with van der Waals surface area (Å²) in [6, 6.07) is 4.86. The Balaban J connectivity index is 1.81. The van der Waals surface area contributed by atoms with Crippen molar-refractivity contribution in [2.24, 2.45) is 0 Å². The van der Waals surface area contributed by atoms with Gasteiger partial charge in [0, 0.05) is 30.7 Å². The molecule has 0 radical (unpaired) electrons. The first kappa shape index (κ1) is 16.4. The zero-order chi connectivity index (χ0) is 17.1. The Morgan fingerprint density at radius 1 is 1.46 bits per heavy atom. The molecule has 0 amide bonds. The summed E-state index contributed by atoms with van der Waals surface area (Å²) in [4.78, 5) is 15.2. The predicted molar refractivity (Wildman–Crippen MR) is 87.9 cm³/mol. The van der Waals surface area contributed by atoms with Crippen molar-refractivity contribution in [1.29, 1.82) is 0 Å². The molecule has 8 nitrogen and oxygen atoms in total. The average molecular weight is 332 g/mol. The Morgan fingerprint density at radius 2 is 2.29 bits per heavy atom. The highest BCUT2D eigenvalue weighted by molar-refractivity contribution is 5.69. The second-order valence-electron chi connectivity index (χ2n) is 6.12. The normalized spacial score (nSPS) is 17.4. The summed E-state index contributed by atoms with van der Waals surface area (Å²) in [6.45, 7) is 5.21. The molecule has 128 valence electrons. The third-order valence-corrected chi connectivity index (χ3v) is 3.94. The summed E-state index contributed by atoms with van der Waals surface area (Å²) in [7, 11) is 0. The maximum absolute atomic E-state index is 11.4. The van der Waals surface area contributed by atoms with E-state index in [1.807, 2.05) is 13.8 Å². The first-order valence-corrected chi connectivity index (χ1v) is 8.02. The second kappa shape index (κ2) is 6.96. The number of nitro groups is 1. The van der Waals surface area contributed by atoms with E-state index >= 15 is 0 Å². The smallest absolute Gasteiger partial charge is 0.293 e. The fourth-order valence-corrected chi connectivity index (χ4v) is 2.58. The van der Waals surface area contributed by atoms with E-state index in [1.54, 1.807) is 12.1 Å². The fraction of sp³-hybridized carbons (Fsp3) is 0.500. The van der Waals surface area contributed by atoms with E-state index in [0.717, 1.165) is 19.4 Å². The van der Waals surface area contributed by atoms with Crippen molar-refractivity contribution in [3.63, 3.8) is 0 Å². The molecule has 3 rings (SSSR count). The van der Waals surface area contributed by atoms with Gasteiger partial charge in [0.2, 0.25) is 0 Å². The minimum Gasteiger partial charge on any atom is -0.377 e. The van der Waals surface area contributed by atoms with E-state index in [2.05, 4.69) is 15.5 Å². The van der Waals surface area contributed by atoms with Crippen LogP contribution in [0, 0.1) is 10.1 Å². The standard InChI is InChI=1S/C16H20N4O4/c1-10(2)15-18-16(24-19-15)11-5-6-13(14(8-11)20(21)22)17-9-12-4-3-7-23-12/h5-6,8,10,12,17H,3-4,7,9H2,1-2H3/t12-/m0/s1. The number of benzene rings is 1. The minimum atomic E-state index is -0.416. The molecule has 1 atom stereocenters. The number of nitrogens with one attached hydrogen (secondary N) is 1. The van der Waals surface area contributed by atoms with Crippen molar-refractivity contribution in [1.82, 2.24) is 10.1 Å². The second-order valence-corrected chi connectivity index (χ2v) is 6.12. The molecular weight excluding hydrogens is 312 g/mol. The van der Waals surface area contributed by atoms with Gasteiger partial charge < -0.3 is 14.6 Å². The van der Waals surface area contributed by atoms with Gasteiger partial charge >= 0.3 is 0 Å². The van der Waals surface area contributed by atoms with Crippen molar-refractivity contribution < 1.29 is 14.2 Å². The van der Waals surface area contributed by atoms with E-state index in [4.69, 9.17) is 9.26 Å². The number of aromatic nitrogens is 2. The highest BCUT2D eigenvalue weighted by Gasteiger charge is 2.21. The quantitative estimate of drug-likeness (QED) is 0.639. The van der Waals surface area contributed by atoms with Crippen molar-refractivity contribution in [2.75, 3.05) is 18.5 Å². The van der Waals surface area contributed by atoms with Crippen LogP contribution in [0.5, 0.6) is 0 Å². The average Bonchev–Trinajstić information content (AvgIpc) is 3.24. The van der Waals surface area contributed by atoms with Crippen LogP contribution in [0.1, 0.15) is 38.4 Å². The molecule has 2 aromatic rings. The van der Waals surface area contributed by atoms with Crippen molar-refractivity contribution >= 4 is 11.4 Å². The van der Waals surface area contributed by atoms with Gasteiger partial charge in [-0.3, -0.25) is 10.1 Å². The lowest BCUT2D eigenvalue weighted by Gasteiger charge is -2.12. The molecule has 0 saturated carbocycles. The topological polar surface area (TPSA) is 103 Å². The number of nitrogens with zero attached hydrogens (tertiary/aromatic N) is 3. The zero-order valence-electron chi connectivity index (χ0n) is 13.7. The lowest BCUT2D eigenvalue weighted by molar-refractivity contribution is -0.383. The largest absolute Gasteiger partial charge is 0.377 e. The number of ether oxygens (including phenoxy) is 1. The summed E-state index contributed by atoms with van der Waals surface area (Å²) in [6.07, 6.45) is 2.11. The van der Waals surface area contributed by atoms with Crippen LogP contribution in [0.4, 0.5) is 11.4 Å². The third-order valence-electron chi connectivity index (χ3n) is 3.94. The van der Waals surface area contributed by atoms with Gasteiger partial charge in [0.1, 0.15) is 5.69 Å². The van der Waals surface area contributed by atoms with E-state index in [9.17, 15) is 10.1 Å². The Hall–Kier alpha value is -2.48. The Morgan fingerprint density at radius 3 is 2.92 bits per heavy atom. The van der Waals surface area contributed by atoms with Crippen molar-refractivity contribution in [3.8, 4) is 11.5 Å². The van der Waals surface area contributed by atoms with Gasteiger partial charge in [-0.15, -0.1) is 0 Å². The van der Waals surface area contributed by atoms with E-state index in [-0.39, 0.29) is 23.6 Å². The van der Waals surface area contributed by atoms with Gasteiger partial charge in [0.15, 0.2) is 5.82 Å². The maximum Gasteiger partial charge on any atom is 0.293 e. The molecule has 0 unspecified atom stereocenters. The maximum atomic E-state index is 11.4. The molecule has 1 aromatic heterocycles. The van der Waals surface area contributed by atoms with Gasteiger partial charge in [-0.2, -0.15) is 4.98 Å². The molecule has 1 fully saturated rings. The summed E-state index contributed by atoms with van der Waals surface area (Å²) in [5.74, 6) is 0.991. The lowest BCUT2D eigenvalue weighted by atomic mass is 10.1. The number of hydrogen-bond acceptors (Lipinski definition) is 7. The molecule has 0 spiro atoms. The van der Waals surface area contributed by atoms with Crippen LogP contribution in [-0.4, -0.2) is 34.3 Å². The number of nitro benzene ring substituents is 1. The van der Waals surface area contributed by atoms with Crippen LogP contribution in [0.25, 0.3) is 11.5 Å². The highest BCUT2D eigenvalue weighted by Crippen LogP contribution is 2.31. The van der Waals surface area contributed by atoms with Crippen molar-refractivity contribution in [3.05, 3.63) is 34.1 Å². The predicted octanol–water partition coefficient (Wildman–Crippen LogP) is 3.36. The molecule has 8 heteroatoms. The molecule has 0 aliphatic carbocycles. The van der Waals surface area contributed by atoms with Crippen molar-refractivity contribution in [2.45, 2.75) is 38.7 Å². The highest BCUT2D eigenvalue weighted by atomic mass is 16.6. The molecule has 1 N–H and O–H groups in total. The molecule has 0 bridgehead atoms. The van der Waals surface area contributed by atoms with Crippen LogP contribution < -0.4 is 5.32 Å². The van der Waals surface area contributed by atoms with Crippen LogP contribution in [0.2, 0.25) is 0 Å². The van der Waals surface area contributed by atoms with E-state index < -0.39 is 4.92 Å². The Labute approximate surface area is 139 Å². The molecule has 1 aliphatic heterocycles. The first-order valence-electron chi connectivity index (χ1n) is 8.02. The molecule has 24 heavy (non-hydrogen) atoms. The fourth-order valence-electron chi connectivity index (χ4n) is 2.58. The summed E-state index contributed by atoms with van der Waals surface area (Å²) in [5, 5.41) is 18.4. The van der Waals surface area contributed by atoms with Crippen LogP contribution in [0.3, 0.4) is 0 Å². The van der Waals surface area contributed by atoms with Crippen LogP contribution in [0.15, 0.2) is 22.7 Å². The Kier molecular flexibility index (Phi) is 4.75. The summed E-state index contributed by atoms with van der Waals surface area (Å²) in [5.41, 5.74) is 0.974. The SMILES string of the molecule is CC(C)c1noc(-c2ccc(NC[C@@H]3CCCO3)c([N+](=O)[O-])c2)n1. The van der Waals surface area contributed by atoms with Gasteiger partial charge in [-0.05, 0) is 25.0 Å². The number of rotatable bonds is 6. The van der Waals surface area contributed by atoms with E-state index in [0.29, 0.717) is 23.6 Å². The van der Waals surface area contributed by atoms with Crippen LogP contribution in [-0.2, 0) is 4.74 Å². The monoisotopic (exact) mass is 332 g/mol. The van der Waals surface area contributed by atoms with Gasteiger partial charge in [0.25, 0.3) is 11.6 Å². The Bertz CT molecular complexity index is 723. The lowest BCUT2D eigenvalue weighted by Crippen LogP contribution is -2.18. The molecule has 1 aliphatic rings. The van der Waals surface area contributed by atoms with Crippen LogP contribution >= 0.6 is 0 Å². The third kappa shape index (κ3) is 3.53. The zero-order valence-corrected chi connectivity index (χ0v) is 13.7. The first-order chi connectivity index (χ1) is 11.5. The van der Waals surface area contributed by atoms with Gasteiger partial charge in [-0.25, -0.2) is 0 Å². The molecule has 1 saturated heterocycles. The van der Waals surface area contributed by atoms with E-state index in [1.165, 1.54) is 6.07 Å².